The van der Waals surface area contributed by atoms with Gasteiger partial charge in [-0.1, -0.05) is 20.8 Å². The normalized spacial score (nSPS) is 13.6. The van der Waals surface area contributed by atoms with Crippen LogP contribution in [0.1, 0.15) is 32.6 Å². The van der Waals surface area contributed by atoms with Gasteiger partial charge >= 0.3 is 0 Å². The molecule has 16 heavy (non-hydrogen) atoms. The Morgan fingerprint density at radius 3 is 2.56 bits per heavy atom. The molecule has 1 rings (SSSR count). The minimum absolute atomic E-state index is 0.212. The molecule has 6 nitrogen and oxygen atoms in total. The van der Waals surface area contributed by atoms with Gasteiger partial charge in [-0.05, 0) is 5.41 Å². The maximum atomic E-state index is 11.6. The van der Waals surface area contributed by atoms with Crippen LogP contribution in [0.15, 0.2) is 4.42 Å². The van der Waals surface area contributed by atoms with E-state index in [9.17, 15) is 4.79 Å². The SMILES string of the molecule is Cc1nnc(CNC(=O)[C@@H](N)C(C)(C)C)o1. The first-order valence-electron chi connectivity index (χ1n) is 5.13. The summed E-state index contributed by atoms with van der Waals surface area (Å²) in [5.41, 5.74) is 5.52. The van der Waals surface area contributed by atoms with E-state index in [-0.39, 0.29) is 17.9 Å². The van der Waals surface area contributed by atoms with E-state index in [2.05, 4.69) is 15.5 Å². The number of hydrogen-bond donors (Lipinski definition) is 2. The topological polar surface area (TPSA) is 94.0 Å². The number of carbonyl (C=O) groups is 1. The molecule has 0 radical (unpaired) electrons. The molecular weight excluding hydrogens is 208 g/mol. The van der Waals surface area contributed by atoms with Crippen LogP contribution in [0, 0.1) is 12.3 Å². The van der Waals surface area contributed by atoms with Crippen LogP contribution >= 0.6 is 0 Å². The molecule has 1 heterocycles. The Morgan fingerprint density at radius 1 is 1.50 bits per heavy atom. The molecule has 1 amide bonds. The van der Waals surface area contributed by atoms with Gasteiger partial charge in [0.2, 0.25) is 17.7 Å². The quantitative estimate of drug-likeness (QED) is 0.776. The molecule has 3 N–H and O–H groups in total. The van der Waals surface area contributed by atoms with Gasteiger partial charge in [-0.3, -0.25) is 4.79 Å². The standard InChI is InChI=1S/C10H18N4O2/c1-6-13-14-7(16-6)5-12-9(15)8(11)10(2,3)4/h8H,5,11H2,1-4H3,(H,12,15)/t8-/m1/s1. The number of amides is 1. The highest BCUT2D eigenvalue weighted by Crippen LogP contribution is 2.17. The van der Waals surface area contributed by atoms with Crippen molar-refractivity contribution in [3.8, 4) is 0 Å². The lowest BCUT2D eigenvalue weighted by Gasteiger charge is -2.25. The number of nitrogens with two attached hydrogens (primary N) is 1. The molecule has 0 unspecified atom stereocenters. The minimum Gasteiger partial charge on any atom is -0.424 e. The largest absolute Gasteiger partial charge is 0.424 e. The molecule has 0 aliphatic heterocycles. The van der Waals surface area contributed by atoms with Crippen LogP contribution < -0.4 is 11.1 Å². The van der Waals surface area contributed by atoms with Crippen LogP contribution in [-0.4, -0.2) is 22.1 Å². The summed E-state index contributed by atoms with van der Waals surface area (Å²) in [5, 5.41) is 10.1. The van der Waals surface area contributed by atoms with Gasteiger partial charge in [0.15, 0.2) is 0 Å². The van der Waals surface area contributed by atoms with E-state index < -0.39 is 6.04 Å². The molecule has 0 saturated carbocycles. The molecule has 1 aromatic rings. The van der Waals surface area contributed by atoms with Crippen molar-refractivity contribution in [2.45, 2.75) is 40.3 Å². The summed E-state index contributed by atoms with van der Waals surface area (Å²) in [6, 6.07) is -0.559. The second-order valence-electron chi connectivity index (χ2n) is 4.78. The van der Waals surface area contributed by atoms with Gasteiger partial charge in [-0.25, -0.2) is 0 Å². The van der Waals surface area contributed by atoms with Gasteiger partial charge in [0.05, 0.1) is 12.6 Å². The Bertz CT molecular complexity index is 367. The van der Waals surface area contributed by atoms with Crippen LogP contribution in [0.5, 0.6) is 0 Å². The van der Waals surface area contributed by atoms with E-state index >= 15 is 0 Å². The number of aryl methyl sites for hydroxylation is 1. The van der Waals surface area contributed by atoms with Crippen LogP contribution in [0.3, 0.4) is 0 Å². The highest BCUT2D eigenvalue weighted by Gasteiger charge is 2.27. The lowest BCUT2D eigenvalue weighted by molar-refractivity contribution is -0.124. The summed E-state index contributed by atoms with van der Waals surface area (Å²) in [5.74, 6) is 0.639. The lowest BCUT2D eigenvalue weighted by Crippen LogP contribution is -2.48. The average molecular weight is 226 g/mol. The molecule has 90 valence electrons. The van der Waals surface area contributed by atoms with Gasteiger partial charge < -0.3 is 15.5 Å². The van der Waals surface area contributed by atoms with Crippen molar-refractivity contribution < 1.29 is 9.21 Å². The smallest absolute Gasteiger partial charge is 0.237 e. The van der Waals surface area contributed by atoms with Crippen molar-refractivity contribution in [1.82, 2.24) is 15.5 Å². The summed E-state index contributed by atoms with van der Waals surface area (Å²) in [4.78, 5) is 11.6. The van der Waals surface area contributed by atoms with Gasteiger partial charge in [-0.2, -0.15) is 0 Å². The van der Waals surface area contributed by atoms with Crippen molar-refractivity contribution >= 4 is 5.91 Å². The first-order chi connectivity index (χ1) is 7.30. The van der Waals surface area contributed by atoms with Crippen LogP contribution in [0.2, 0.25) is 0 Å². The van der Waals surface area contributed by atoms with Gasteiger partial charge in [0, 0.05) is 6.92 Å². The third kappa shape index (κ3) is 3.30. The van der Waals surface area contributed by atoms with E-state index in [0.29, 0.717) is 11.8 Å². The zero-order valence-corrected chi connectivity index (χ0v) is 10.1. The fourth-order valence-corrected chi connectivity index (χ4v) is 1.07. The fraction of sp³-hybridized carbons (Fsp3) is 0.700. The zero-order chi connectivity index (χ0) is 12.3. The highest BCUT2D eigenvalue weighted by molar-refractivity contribution is 5.82. The molecule has 0 aromatic carbocycles. The van der Waals surface area contributed by atoms with Crippen LogP contribution in [0.4, 0.5) is 0 Å². The van der Waals surface area contributed by atoms with E-state index in [1.54, 1.807) is 6.92 Å². The van der Waals surface area contributed by atoms with Gasteiger partial charge in [0.25, 0.3) is 0 Å². The maximum Gasteiger partial charge on any atom is 0.237 e. The third-order valence-corrected chi connectivity index (χ3v) is 2.20. The molecule has 0 aliphatic rings. The molecule has 0 aliphatic carbocycles. The molecule has 1 aromatic heterocycles. The van der Waals surface area contributed by atoms with Crippen molar-refractivity contribution in [1.29, 1.82) is 0 Å². The monoisotopic (exact) mass is 226 g/mol. The van der Waals surface area contributed by atoms with Crippen LogP contribution in [-0.2, 0) is 11.3 Å². The van der Waals surface area contributed by atoms with Gasteiger partial charge in [-0.15, -0.1) is 10.2 Å². The number of nitrogens with one attached hydrogen (secondary N) is 1. The molecule has 1 atom stereocenters. The average Bonchev–Trinajstić information content (AvgIpc) is 2.58. The second-order valence-corrected chi connectivity index (χ2v) is 4.78. The van der Waals surface area contributed by atoms with Crippen molar-refractivity contribution in [2.75, 3.05) is 0 Å². The fourth-order valence-electron chi connectivity index (χ4n) is 1.07. The summed E-state index contributed by atoms with van der Waals surface area (Å²) < 4.78 is 5.12. The summed E-state index contributed by atoms with van der Waals surface area (Å²) in [6.45, 7) is 7.64. The Labute approximate surface area is 94.6 Å². The Hall–Kier alpha value is -1.43. The third-order valence-electron chi connectivity index (χ3n) is 2.20. The highest BCUT2D eigenvalue weighted by atomic mass is 16.4. The second kappa shape index (κ2) is 4.61. The Kier molecular flexibility index (Phi) is 3.64. The van der Waals surface area contributed by atoms with Crippen molar-refractivity contribution in [3.63, 3.8) is 0 Å². The summed E-state index contributed by atoms with van der Waals surface area (Å²) >= 11 is 0. The predicted octanol–water partition coefficient (Wildman–Crippen LogP) is 0.368. The lowest BCUT2D eigenvalue weighted by atomic mass is 9.87. The first kappa shape index (κ1) is 12.6. The molecular formula is C10H18N4O2. The molecule has 0 fully saturated rings. The maximum absolute atomic E-state index is 11.6. The molecule has 0 saturated heterocycles. The summed E-state index contributed by atoms with van der Waals surface area (Å²) in [6.07, 6.45) is 0. The number of hydrogen-bond acceptors (Lipinski definition) is 5. The first-order valence-corrected chi connectivity index (χ1v) is 5.13. The van der Waals surface area contributed by atoms with Gasteiger partial charge in [0.1, 0.15) is 0 Å². The number of nitrogens with zero attached hydrogens (tertiary/aromatic N) is 2. The van der Waals surface area contributed by atoms with Crippen molar-refractivity contribution in [3.05, 3.63) is 11.8 Å². The van der Waals surface area contributed by atoms with Crippen molar-refractivity contribution in [2.24, 2.45) is 11.1 Å². The van der Waals surface area contributed by atoms with E-state index in [1.165, 1.54) is 0 Å². The zero-order valence-electron chi connectivity index (χ0n) is 10.1. The van der Waals surface area contributed by atoms with E-state index in [1.807, 2.05) is 20.8 Å². The minimum atomic E-state index is -0.559. The van der Waals surface area contributed by atoms with Crippen LogP contribution in [0.25, 0.3) is 0 Å². The number of carbonyl (C=O) groups excluding carboxylic acids is 1. The van der Waals surface area contributed by atoms with E-state index in [4.69, 9.17) is 10.2 Å². The predicted molar refractivity (Wildman–Crippen MR) is 58.3 cm³/mol. The number of rotatable bonds is 3. The number of aromatic nitrogens is 2. The summed E-state index contributed by atoms with van der Waals surface area (Å²) in [7, 11) is 0. The Balaban J connectivity index is 2.47. The molecule has 6 heteroatoms. The Morgan fingerprint density at radius 2 is 2.12 bits per heavy atom. The van der Waals surface area contributed by atoms with E-state index in [0.717, 1.165) is 0 Å². The molecule has 0 bridgehead atoms. The molecule has 0 spiro atoms.